The van der Waals surface area contributed by atoms with Crippen LogP contribution in [0.25, 0.3) is 0 Å². The molecule has 0 spiro atoms. The van der Waals surface area contributed by atoms with E-state index >= 15 is 0 Å². The number of hydrogen-bond acceptors (Lipinski definition) is 3. The minimum atomic E-state index is 0.498. The first kappa shape index (κ1) is 14.5. The molecule has 106 valence electrons. The van der Waals surface area contributed by atoms with Crippen molar-refractivity contribution in [1.29, 1.82) is 0 Å². The first-order valence-corrected chi connectivity index (χ1v) is 7.59. The molecule has 2 heterocycles. The molecule has 1 saturated heterocycles. The van der Waals surface area contributed by atoms with Crippen LogP contribution in [-0.2, 0) is 0 Å². The van der Waals surface area contributed by atoms with Crippen LogP contribution in [0.3, 0.4) is 0 Å². The lowest BCUT2D eigenvalue weighted by Crippen LogP contribution is -2.49. The molecular weight excluding hydrogens is 234 g/mol. The molecule has 0 bridgehead atoms. The third-order valence-electron chi connectivity index (χ3n) is 4.33. The number of piperidine rings is 1. The topological polar surface area (TPSA) is 28.2 Å². The molecular formula is C16H27N3. The van der Waals surface area contributed by atoms with Gasteiger partial charge in [-0.15, -0.1) is 0 Å². The molecule has 1 aromatic rings. The van der Waals surface area contributed by atoms with Crippen LogP contribution in [-0.4, -0.2) is 35.6 Å². The van der Waals surface area contributed by atoms with E-state index in [2.05, 4.69) is 48.1 Å². The number of likely N-dealkylation sites (tertiary alicyclic amines) is 1. The number of nitrogens with one attached hydrogen (secondary N) is 1. The van der Waals surface area contributed by atoms with E-state index in [9.17, 15) is 0 Å². The molecule has 3 nitrogen and oxygen atoms in total. The molecule has 0 aliphatic carbocycles. The second kappa shape index (κ2) is 7.01. The Hall–Kier alpha value is -0.930. The van der Waals surface area contributed by atoms with E-state index in [1.54, 1.807) is 0 Å². The van der Waals surface area contributed by atoms with Crippen LogP contribution >= 0.6 is 0 Å². The van der Waals surface area contributed by atoms with Gasteiger partial charge in [0.1, 0.15) is 0 Å². The molecule has 0 saturated carbocycles. The Morgan fingerprint density at radius 3 is 2.79 bits per heavy atom. The summed E-state index contributed by atoms with van der Waals surface area (Å²) >= 11 is 0. The second-order valence-electron chi connectivity index (χ2n) is 5.78. The van der Waals surface area contributed by atoms with Gasteiger partial charge in [0.25, 0.3) is 0 Å². The summed E-state index contributed by atoms with van der Waals surface area (Å²) < 4.78 is 0. The van der Waals surface area contributed by atoms with Crippen LogP contribution in [0.2, 0.25) is 0 Å². The van der Waals surface area contributed by atoms with E-state index in [0.717, 1.165) is 12.5 Å². The zero-order valence-corrected chi connectivity index (χ0v) is 12.5. The van der Waals surface area contributed by atoms with E-state index in [-0.39, 0.29) is 0 Å². The van der Waals surface area contributed by atoms with Crippen molar-refractivity contribution in [3.05, 3.63) is 30.1 Å². The average Bonchev–Trinajstić information content (AvgIpc) is 2.46. The minimum absolute atomic E-state index is 0.498. The summed E-state index contributed by atoms with van der Waals surface area (Å²) in [6, 6.07) is 5.46. The zero-order chi connectivity index (χ0) is 13.7. The largest absolute Gasteiger partial charge is 0.314 e. The van der Waals surface area contributed by atoms with Gasteiger partial charge >= 0.3 is 0 Å². The molecule has 3 heteroatoms. The summed E-state index contributed by atoms with van der Waals surface area (Å²) in [7, 11) is 0. The van der Waals surface area contributed by atoms with Gasteiger partial charge in [0.15, 0.2) is 0 Å². The van der Waals surface area contributed by atoms with Crippen molar-refractivity contribution in [3.8, 4) is 0 Å². The Balaban J connectivity index is 1.91. The molecule has 1 aliphatic rings. The monoisotopic (exact) mass is 261 g/mol. The molecule has 3 unspecified atom stereocenters. The van der Waals surface area contributed by atoms with Crippen molar-refractivity contribution >= 4 is 0 Å². The Morgan fingerprint density at radius 2 is 2.16 bits per heavy atom. The first-order chi connectivity index (χ1) is 9.22. The van der Waals surface area contributed by atoms with Gasteiger partial charge in [0, 0.05) is 37.6 Å². The van der Waals surface area contributed by atoms with Gasteiger partial charge in [-0.3, -0.25) is 9.88 Å². The van der Waals surface area contributed by atoms with Crippen LogP contribution in [0.15, 0.2) is 24.5 Å². The molecule has 3 atom stereocenters. The van der Waals surface area contributed by atoms with Gasteiger partial charge in [-0.25, -0.2) is 0 Å². The van der Waals surface area contributed by atoms with Crippen molar-refractivity contribution in [2.24, 2.45) is 5.92 Å². The molecule has 19 heavy (non-hydrogen) atoms. The summed E-state index contributed by atoms with van der Waals surface area (Å²) in [5, 5.41) is 3.68. The molecule has 1 fully saturated rings. The fourth-order valence-electron chi connectivity index (χ4n) is 3.02. The fraction of sp³-hybridized carbons (Fsp3) is 0.688. The number of aromatic nitrogens is 1. The van der Waals surface area contributed by atoms with Gasteiger partial charge in [-0.1, -0.05) is 13.8 Å². The van der Waals surface area contributed by atoms with Gasteiger partial charge in [0.2, 0.25) is 0 Å². The lowest BCUT2D eigenvalue weighted by atomic mass is 9.92. The predicted molar refractivity (Wildman–Crippen MR) is 80.1 cm³/mol. The third kappa shape index (κ3) is 3.77. The van der Waals surface area contributed by atoms with Crippen molar-refractivity contribution in [2.75, 3.05) is 19.6 Å². The van der Waals surface area contributed by atoms with Gasteiger partial charge in [0.05, 0.1) is 0 Å². The predicted octanol–water partition coefficient (Wildman–Crippen LogP) is 2.85. The van der Waals surface area contributed by atoms with Crippen LogP contribution in [0.4, 0.5) is 0 Å². The van der Waals surface area contributed by atoms with Gasteiger partial charge in [-0.2, -0.15) is 0 Å². The van der Waals surface area contributed by atoms with Gasteiger partial charge in [-0.05, 0) is 49.9 Å². The maximum Gasteiger partial charge on any atom is 0.0321 e. The van der Waals surface area contributed by atoms with Crippen molar-refractivity contribution in [2.45, 2.75) is 45.7 Å². The highest BCUT2D eigenvalue weighted by Crippen LogP contribution is 2.26. The lowest BCUT2D eigenvalue weighted by Gasteiger charge is -2.40. The number of nitrogens with zero attached hydrogens (tertiary/aromatic N) is 2. The molecule has 1 N–H and O–H groups in total. The summed E-state index contributed by atoms with van der Waals surface area (Å²) in [5.41, 5.74) is 1.38. The maximum absolute atomic E-state index is 4.11. The second-order valence-corrected chi connectivity index (χ2v) is 5.78. The number of rotatable bonds is 5. The first-order valence-electron chi connectivity index (χ1n) is 7.59. The van der Waals surface area contributed by atoms with E-state index in [1.165, 1.54) is 31.5 Å². The Morgan fingerprint density at radius 1 is 1.42 bits per heavy atom. The van der Waals surface area contributed by atoms with Gasteiger partial charge < -0.3 is 5.32 Å². The fourth-order valence-corrected chi connectivity index (χ4v) is 3.02. The van der Waals surface area contributed by atoms with Crippen molar-refractivity contribution < 1.29 is 0 Å². The normalized spacial score (nSPS) is 26.3. The Bertz CT molecular complexity index is 366. The molecule has 0 radical (unpaired) electrons. The van der Waals surface area contributed by atoms with Crippen molar-refractivity contribution in [1.82, 2.24) is 15.2 Å². The highest BCUT2D eigenvalue weighted by molar-refractivity contribution is 5.14. The quantitative estimate of drug-likeness (QED) is 0.883. The molecule has 0 aromatic carbocycles. The van der Waals surface area contributed by atoms with Crippen molar-refractivity contribution in [3.63, 3.8) is 0 Å². The highest BCUT2D eigenvalue weighted by Gasteiger charge is 2.28. The van der Waals surface area contributed by atoms with Crippen LogP contribution in [0.5, 0.6) is 0 Å². The van der Waals surface area contributed by atoms with E-state index in [0.29, 0.717) is 12.1 Å². The Kier molecular flexibility index (Phi) is 5.34. The minimum Gasteiger partial charge on any atom is -0.314 e. The summed E-state index contributed by atoms with van der Waals surface area (Å²) in [6.45, 7) is 10.4. The third-order valence-corrected chi connectivity index (χ3v) is 4.33. The zero-order valence-electron chi connectivity index (χ0n) is 12.5. The standard InChI is InChI=1S/C16H27N3/c1-4-8-18-16-7-11-19(12-13(16)2)14(3)15-5-9-17-10-6-15/h5-6,9-10,13-14,16,18H,4,7-8,11-12H2,1-3H3. The Labute approximate surface area is 117 Å². The van der Waals surface area contributed by atoms with Crippen LogP contribution < -0.4 is 5.32 Å². The summed E-state index contributed by atoms with van der Waals surface area (Å²) in [5.74, 6) is 0.726. The lowest BCUT2D eigenvalue weighted by molar-refractivity contribution is 0.111. The maximum atomic E-state index is 4.11. The van der Waals surface area contributed by atoms with Crippen LogP contribution in [0.1, 0.15) is 45.2 Å². The smallest absolute Gasteiger partial charge is 0.0321 e. The van der Waals surface area contributed by atoms with Crippen LogP contribution in [0, 0.1) is 5.92 Å². The van der Waals surface area contributed by atoms with E-state index in [1.807, 2.05) is 12.4 Å². The number of hydrogen-bond donors (Lipinski definition) is 1. The SMILES string of the molecule is CCCNC1CCN(C(C)c2ccncc2)CC1C. The molecule has 1 aliphatic heterocycles. The molecule has 0 amide bonds. The number of pyridine rings is 1. The summed E-state index contributed by atoms with van der Waals surface area (Å²) in [6.07, 6.45) is 6.27. The average molecular weight is 261 g/mol. The molecule has 1 aromatic heterocycles. The molecule has 2 rings (SSSR count). The van der Waals surface area contributed by atoms with E-state index < -0.39 is 0 Å². The van der Waals surface area contributed by atoms with E-state index in [4.69, 9.17) is 0 Å². The highest BCUT2D eigenvalue weighted by atomic mass is 15.2. The summed E-state index contributed by atoms with van der Waals surface area (Å²) in [4.78, 5) is 6.71.